The molecule has 204 valence electrons. The number of benzene rings is 2. The lowest BCUT2D eigenvalue weighted by molar-refractivity contribution is -0.137. The van der Waals surface area contributed by atoms with Gasteiger partial charge >= 0.3 is 6.18 Å². The normalized spacial score (nSPS) is 12.5. The van der Waals surface area contributed by atoms with Gasteiger partial charge in [0.15, 0.2) is 11.0 Å². The highest BCUT2D eigenvalue weighted by molar-refractivity contribution is 7.99. The molecular formula is C24H23Cl3F3N5O2S. The van der Waals surface area contributed by atoms with Crippen LogP contribution in [0.15, 0.2) is 41.6 Å². The Bertz CT molecular complexity index is 1330. The van der Waals surface area contributed by atoms with Gasteiger partial charge in [0.05, 0.1) is 38.7 Å². The van der Waals surface area contributed by atoms with Gasteiger partial charge in [-0.1, -0.05) is 60.4 Å². The van der Waals surface area contributed by atoms with E-state index in [4.69, 9.17) is 34.8 Å². The Kier molecular flexibility index (Phi) is 9.96. The van der Waals surface area contributed by atoms with Crippen LogP contribution in [0.2, 0.25) is 15.1 Å². The summed E-state index contributed by atoms with van der Waals surface area (Å²) >= 11 is 19.1. The van der Waals surface area contributed by atoms with E-state index in [1.54, 1.807) is 10.6 Å². The lowest BCUT2D eigenvalue weighted by Crippen LogP contribution is -2.34. The molecular weight excluding hydrogens is 586 g/mol. The molecule has 3 rings (SSSR count). The van der Waals surface area contributed by atoms with E-state index >= 15 is 0 Å². The molecule has 7 nitrogen and oxygen atoms in total. The number of carbonyl (C=O) groups is 2. The van der Waals surface area contributed by atoms with Crippen LogP contribution in [-0.4, -0.2) is 32.3 Å². The van der Waals surface area contributed by atoms with Crippen LogP contribution in [0.5, 0.6) is 0 Å². The van der Waals surface area contributed by atoms with Crippen LogP contribution in [0.4, 0.5) is 18.9 Å². The molecule has 0 saturated carbocycles. The quantitative estimate of drug-likeness (QED) is 0.252. The lowest BCUT2D eigenvalue weighted by Gasteiger charge is -2.22. The fraction of sp³-hybridized carbons (Fsp3) is 0.333. The third-order valence-electron chi connectivity index (χ3n) is 5.37. The second-order valence-electron chi connectivity index (χ2n) is 8.43. The zero-order chi connectivity index (χ0) is 28.2. The Morgan fingerprint density at radius 1 is 1.05 bits per heavy atom. The minimum atomic E-state index is -4.58. The molecule has 2 N–H and O–H groups in total. The maximum absolute atomic E-state index is 13.0. The minimum Gasteiger partial charge on any atom is -0.342 e. The molecule has 0 unspecified atom stereocenters. The van der Waals surface area contributed by atoms with Gasteiger partial charge in [-0.3, -0.25) is 9.59 Å². The van der Waals surface area contributed by atoms with Gasteiger partial charge in [0.2, 0.25) is 5.91 Å². The van der Waals surface area contributed by atoms with Crippen molar-refractivity contribution < 1.29 is 22.8 Å². The first kappa shape index (κ1) is 30.1. The molecule has 2 aromatic carbocycles. The number of carbonyl (C=O) groups excluding carboxylic acids is 2. The van der Waals surface area contributed by atoms with Crippen LogP contribution in [0, 0.1) is 5.92 Å². The smallest absolute Gasteiger partial charge is 0.342 e. The third kappa shape index (κ3) is 7.34. The highest BCUT2D eigenvalue weighted by atomic mass is 35.5. The van der Waals surface area contributed by atoms with Crippen LogP contribution in [0.25, 0.3) is 0 Å². The number of hydrogen-bond acceptors (Lipinski definition) is 5. The van der Waals surface area contributed by atoms with Gasteiger partial charge in [-0.2, -0.15) is 13.2 Å². The van der Waals surface area contributed by atoms with E-state index in [0.717, 1.165) is 30.0 Å². The third-order valence-corrected chi connectivity index (χ3v) is 7.21. The van der Waals surface area contributed by atoms with Crippen LogP contribution in [-0.2, 0) is 17.5 Å². The molecule has 0 aliphatic rings. The topological polar surface area (TPSA) is 88.9 Å². The molecule has 1 heterocycles. The van der Waals surface area contributed by atoms with Gasteiger partial charge in [0.1, 0.15) is 0 Å². The molecule has 2 amide bonds. The Balaban J connectivity index is 1.74. The number of amides is 2. The maximum Gasteiger partial charge on any atom is 0.416 e. The Morgan fingerprint density at radius 2 is 1.76 bits per heavy atom. The molecule has 1 aromatic heterocycles. The van der Waals surface area contributed by atoms with E-state index in [1.807, 2.05) is 20.8 Å². The summed E-state index contributed by atoms with van der Waals surface area (Å²) in [5.74, 6) is -0.755. The predicted molar refractivity (Wildman–Crippen MR) is 143 cm³/mol. The predicted octanol–water partition coefficient (Wildman–Crippen LogP) is 7.13. The monoisotopic (exact) mass is 607 g/mol. The average Bonchev–Trinajstić information content (AvgIpc) is 3.24. The van der Waals surface area contributed by atoms with Crippen molar-refractivity contribution in [2.24, 2.45) is 5.92 Å². The molecule has 0 saturated heterocycles. The highest BCUT2D eigenvalue weighted by Crippen LogP contribution is 2.34. The average molecular weight is 609 g/mol. The number of nitrogens with one attached hydrogen (secondary N) is 2. The number of hydrogen-bond donors (Lipinski definition) is 2. The zero-order valence-electron chi connectivity index (χ0n) is 20.4. The summed E-state index contributed by atoms with van der Waals surface area (Å²) in [6, 6.07) is 6.72. The summed E-state index contributed by atoms with van der Waals surface area (Å²) in [6.45, 7) is 6.10. The van der Waals surface area contributed by atoms with Gasteiger partial charge in [0, 0.05) is 11.6 Å². The van der Waals surface area contributed by atoms with Crippen LogP contribution >= 0.6 is 46.6 Å². The van der Waals surface area contributed by atoms with Crippen molar-refractivity contribution in [1.82, 2.24) is 20.1 Å². The van der Waals surface area contributed by atoms with E-state index in [1.165, 1.54) is 12.1 Å². The standard InChI is InChI=1S/C24H23Cl3F3N5O2S/c1-4-35-21(20(12(2)3)32-22(37)15-7-6-14(25)10-17(15)27)33-34-23(35)38-11-19(36)31-18-9-13(24(28,29)30)5-8-16(18)26/h5-10,12,20H,4,11H2,1-3H3,(H,31,36)(H,32,37)/t20-/m0/s1. The number of thioether (sulfide) groups is 1. The molecule has 14 heteroatoms. The number of nitrogens with zero attached hydrogens (tertiary/aromatic N) is 3. The Labute approximate surface area is 236 Å². The minimum absolute atomic E-state index is 0.0216. The maximum atomic E-state index is 13.0. The van der Waals surface area contributed by atoms with Gasteiger partial charge in [-0.15, -0.1) is 10.2 Å². The fourth-order valence-corrected chi connectivity index (χ4v) is 4.94. The van der Waals surface area contributed by atoms with Crippen molar-refractivity contribution in [3.63, 3.8) is 0 Å². The van der Waals surface area contributed by atoms with E-state index in [0.29, 0.717) is 22.5 Å². The molecule has 38 heavy (non-hydrogen) atoms. The first-order valence-electron chi connectivity index (χ1n) is 11.3. The van der Waals surface area contributed by atoms with Crippen LogP contribution in [0.3, 0.4) is 0 Å². The van der Waals surface area contributed by atoms with Gasteiger partial charge < -0.3 is 15.2 Å². The summed E-state index contributed by atoms with van der Waals surface area (Å²) in [6.07, 6.45) is -4.58. The van der Waals surface area contributed by atoms with Crippen LogP contribution in [0.1, 0.15) is 48.6 Å². The summed E-state index contributed by atoms with van der Waals surface area (Å²) in [5.41, 5.74) is -0.820. The summed E-state index contributed by atoms with van der Waals surface area (Å²) in [5, 5.41) is 14.7. The van der Waals surface area contributed by atoms with E-state index in [9.17, 15) is 22.8 Å². The molecule has 0 aliphatic carbocycles. The molecule has 1 atom stereocenters. The number of aromatic nitrogens is 3. The first-order valence-corrected chi connectivity index (χ1v) is 13.4. The number of alkyl halides is 3. The first-order chi connectivity index (χ1) is 17.8. The Morgan fingerprint density at radius 3 is 2.37 bits per heavy atom. The number of anilines is 1. The summed E-state index contributed by atoms with van der Waals surface area (Å²) in [7, 11) is 0. The van der Waals surface area contributed by atoms with Crippen molar-refractivity contribution in [1.29, 1.82) is 0 Å². The lowest BCUT2D eigenvalue weighted by atomic mass is 10.0. The highest BCUT2D eigenvalue weighted by Gasteiger charge is 2.31. The van der Waals surface area contributed by atoms with E-state index in [2.05, 4.69) is 20.8 Å². The Hall–Kier alpha value is -2.47. The largest absolute Gasteiger partial charge is 0.416 e. The molecule has 3 aromatic rings. The van der Waals surface area contributed by atoms with E-state index in [-0.39, 0.29) is 33.0 Å². The molecule has 0 fully saturated rings. The van der Waals surface area contributed by atoms with Gasteiger partial charge in [-0.25, -0.2) is 0 Å². The van der Waals surface area contributed by atoms with Crippen molar-refractivity contribution >= 4 is 64.1 Å². The van der Waals surface area contributed by atoms with Crippen LogP contribution < -0.4 is 10.6 Å². The second kappa shape index (κ2) is 12.6. The molecule has 0 aliphatic heterocycles. The van der Waals surface area contributed by atoms with Crippen molar-refractivity contribution in [2.45, 2.75) is 44.7 Å². The van der Waals surface area contributed by atoms with Crippen molar-refractivity contribution in [2.75, 3.05) is 11.1 Å². The zero-order valence-corrected chi connectivity index (χ0v) is 23.5. The molecule has 0 bridgehead atoms. The SMILES string of the molecule is CCn1c(SCC(=O)Nc2cc(C(F)(F)F)ccc2Cl)nnc1[C@@H](NC(=O)c1ccc(Cl)cc1Cl)C(C)C. The number of rotatable bonds is 9. The van der Waals surface area contributed by atoms with Gasteiger partial charge in [-0.05, 0) is 49.2 Å². The van der Waals surface area contributed by atoms with E-state index < -0.39 is 29.6 Å². The van der Waals surface area contributed by atoms with Gasteiger partial charge in [0.25, 0.3) is 5.91 Å². The van der Waals surface area contributed by atoms with Crippen molar-refractivity contribution in [3.05, 3.63) is 68.4 Å². The summed E-state index contributed by atoms with van der Waals surface area (Å²) in [4.78, 5) is 25.4. The number of halogens is 6. The summed E-state index contributed by atoms with van der Waals surface area (Å²) < 4.78 is 40.8. The molecule has 0 spiro atoms. The molecule has 0 radical (unpaired) electrons. The fourth-order valence-electron chi connectivity index (χ4n) is 3.47. The van der Waals surface area contributed by atoms with Crippen molar-refractivity contribution in [3.8, 4) is 0 Å². The second-order valence-corrected chi connectivity index (χ2v) is 10.6.